The normalized spacial score (nSPS) is 22.3. The molecule has 1 aromatic rings. The van der Waals surface area contributed by atoms with Crippen LogP contribution in [0.4, 0.5) is 17.6 Å². The second kappa shape index (κ2) is 5.46. The molecule has 1 saturated heterocycles. The molecule has 0 spiro atoms. The fourth-order valence-corrected chi connectivity index (χ4v) is 2.29. The van der Waals surface area contributed by atoms with Crippen molar-refractivity contribution in [2.75, 3.05) is 13.2 Å². The van der Waals surface area contributed by atoms with Gasteiger partial charge in [-0.15, -0.1) is 0 Å². The molecule has 1 aliphatic rings. The van der Waals surface area contributed by atoms with Gasteiger partial charge in [-0.2, -0.15) is 13.2 Å². The quantitative estimate of drug-likeness (QED) is 0.842. The van der Waals surface area contributed by atoms with Gasteiger partial charge in [0.15, 0.2) is 0 Å². The highest BCUT2D eigenvalue weighted by Crippen LogP contribution is 2.34. The van der Waals surface area contributed by atoms with Gasteiger partial charge in [-0.25, -0.2) is 4.39 Å². The minimum absolute atomic E-state index is 0.0275. The summed E-state index contributed by atoms with van der Waals surface area (Å²) in [6.45, 7) is 1.08. The zero-order valence-electron chi connectivity index (χ0n) is 10.2. The van der Waals surface area contributed by atoms with E-state index in [4.69, 9.17) is 10.5 Å². The zero-order valence-corrected chi connectivity index (χ0v) is 10.2. The van der Waals surface area contributed by atoms with E-state index in [1.807, 2.05) is 0 Å². The van der Waals surface area contributed by atoms with Gasteiger partial charge in [0.1, 0.15) is 5.82 Å². The SMILES string of the molecule is NC(c1ccc(F)c(C(F)(F)F)c1)C1CCCOC1. The monoisotopic (exact) mass is 277 g/mol. The second-order valence-electron chi connectivity index (χ2n) is 4.74. The molecule has 0 bridgehead atoms. The first-order valence-electron chi connectivity index (χ1n) is 6.09. The van der Waals surface area contributed by atoms with Gasteiger partial charge in [-0.05, 0) is 30.5 Å². The molecule has 2 atom stereocenters. The maximum Gasteiger partial charge on any atom is 0.419 e. The molecule has 1 fully saturated rings. The third-order valence-electron chi connectivity index (χ3n) is 3.38. The van der Waals surface area contributed by atoms with E-state index in [2.05, 4.69) is 0 Å². The van der Waals surface area contributed by atoms with Gasteiger partial charge >= 0.3 is 6.18 Å². The Kier molecular flexibility index (Phi) is 4.10. The van der Waals surface area contributed by atoms with Crippen LogP contribution in [0, 0.1) is 11.7 Å². The minimum Gasteiger partial charge on any atom is -0.381 e. The van der Waals surface area contributed by atoms with Crippen molar-refractivity contribution in [3.8, 4) is 0 Å². The van der Waals surface area contributed by atoms with Crippen molar-refractivity contribution < 1.29 is 22.3 Å². The van der Waals surface area contributed by atoms with Crippen LogP contribution in [0.5, 0.6) is 0 Å². The fourth-order valence-electron chi connectivity index (χ4n) is 2.29. The molecular weight excluding hydrogens is 262 g/mol. The molecular formula is C13H15F4NO. The summed E-state index contributed by atoms with van der Waals surface area (Å²) >= 11 is 0. The smallest absolute Gasteiger partial charge is 0.381 e. The predicted octanol–water partition coefficient (Wildman–Crippen LogP) is 3.27. The summed E-state index contributed by atoms with van der Waals surface area (Å²) < 4.78 is 56.3. The number of alkyl halides is 3. The van der Waals surface area contributed by atoms with Gasteiger partial charge in [-0.3, -0.25) is 0 Å². The Labute approximate surface area is 108 Å². The van der Waals surface area contributed by atoms with E-state index in [-0.39, 0.29) is 5.92 Å². The van der Waals surface area contributed by atoms with E-state index in [0.717, 1.165) is 25.0 Å². The second-order valence-corrected chi connectivity index (χ2v) is 4.74. The van der Waals surface area contributed by atoms with Crippen molar-refractivity contribution in [3.63, 3.8) is 0 Å². The van der Waals surface area contributed by atoms with E-state index >= 15 is 0 Å². The Balaban J connectivity index is 2.24. The number of hydrogen-bond acceptors (Lipinski definition) is 2. The molecule has 0 radical (unpaired) electrons. The Bertz CT molecular complexity index is 441. The Hall–Kier alpha value is -1.14. The van der Waals surface area contributed by atoms with Gasteiger partial charge in [0.2, 0.25) is 0 Å². The molecule has 2 N–H and O–H groups in total. The molecule has 6 heteroatoms. The Morgan fingerprint density at radius 3 is 2.63 bits per heavy atom. The summed E-state index contributed by atoms with van der Waals surface area (Å²) in [5, 5.41) is 0. The van der Waals surface area contributed by atoms with Crippen molar-refractivity contribution >= 4 is 0 Å². The average Bonchev–Trinajstić information content (AvgIpc) is 2.38. The number of ether oxygens (including phenoxy) is 1. The third kappa shape index (κ3) is 3.25. The van der Waals surface area contributed by atoms with Crippen LogP contribution in [0.25, 0.3) is 0 Å². The molecule has 1 aliphatic heterocycles. The number of halogens is 4. The van der Waals surface area contributed by atoms with Gasteiger partial charge in [0, 0.05) is 18.6 Å². The van der Waals surface area contributed by atoms with E-state index in [1.165, 1.54) is 6.07 Å². The van der Waals surface area contributed by atoms with E-state index in [9.17, 15) is 17.6 Å². The lowest BCUT2D eigenvalue weighted by molar-refractivity contribution is -0.140. The summed E-state index contributed by atoms with van der Waals surface area (Å²) in [4.78, 5) is 0. The number of benzene rings is 1. The first kappa shape index (κ1) is 14.3. The lowest BCUT2D eigenvalue weighted by Crippen LogP contribution is -2.29. The topological polar surface area (TPSA) is 35.2 Å². The molecule has 2 nitrogen and oxygen atoms in total. The summed E-state index contributed by atoms with van der Waals surface area (Å²) in [7, 11) is 0. The van der Waals surface area contributed by atoms with Crippen LogP contribution in [-0.4, -0.2) is 13.2 Å². The zero-order chi connectivity index (χ0) is 14.0. The molecule has 2 unspecified atom stereocenters. The molecule has 2 rings (SSSR count). The Morgan fingerprint density at radius 1 is 1.32 bits per heavy atom. The first-order chi connectivity index (χ1) is 8.89. The molecule has 0 amide bonds. The lowest BCUT2D eigenvalue weighted by atomic mass is 9.88. The Morgan fingerprint density at radius 2 is 2.05 bits per heavy atom. The molecule has 0 aromatic heterocycles. The van der Waals surface area contributed by atoms with Gasteiger partial charge < -0.3 is 10.5 Å². The number of nitrogens with two attached hydrogens (primary N) is 1. The van der Waals surface area contributed by atoms with Gasteiger partial charge in [0.05, 0.1) is 12.2 Å². The molecule has 0 saturated carbocycles. The van der Waals surface area contributed by atoms with E-state index in [1.54, 1.807) is 0 Å². The highest BCUT2D eigenvalue weighted by molar-refractivity contribution is 5.29. The van der Waals surface area contributed by atoms with Gasteiger partial charge in [-0.1, -0.05) is 6.07 Å². The van der Waals surface area contributed by atoms with E-state index in [0.29, 0.717) is 18.8 Å². The minimum atomic E-state index is -4.71. The highest BCUT2D eigenvalue weighted by Gasteiger charge is 2.35. The summed E-state index contributed by atoms with van der Waals surface area (Å²) in [5.41, 5.74) is 4.99. The summed E-state index contributed by atoms with van der Waals surface area (Å²) in [5.74, 6) is -1.30. The van der Waals surface area contributed by atoms with Crippen LogP contribution in [0.15, 0.2) is 18.2 Å². The van der Waals surface area contributed by atoms with Crippen molar-refractivity contribution in [1.82, 2.24) is 0 Å². The van der Waals surface area contributed by atoms with Crippen LogP contribution in [0.3, 0.4) is 0 Å². The third-order valence-corrected chi connectivity index (χ3v) is 3.38. The molecule has 106 valence electrons. The van der Waals surface area contributed by atoms with Gasteiger partial charge in [0.25, 0.3) is 0 Å². The largest absolute Gasteiger partial charge is 0.419 e. The molecule has 0 aliphatic carbocycles. The summed E-state index contributed by atoms with van der Waals surface area (Å²) in [6.07, 6.45) is -3.06. The van der Waals surface area contributed by atoms with Crippen molar-refractivity contribution in [1.29, 1.82) is 0 Å². The predicted molar refractivity (Wildman–Crippen MR) is 61.9 cm³/mol. The van der Waals surface area contributed by atoms with Crippen LogP contribution in [0.2, 0.25) is 0 Å². The van der Waals surface area contributed by atoms with Crippen molar-refractivity contribution in [2.45, 2.75) is 25.1 Å². The molecule has 1 aromatic carbocycles. The van der Waals surface area contributed by atoms with Crippen LogP contribution >= 0.6 is 0 Å². The molecule has 1 heterocycles. The van der Waals surface area contributed by atoms with Crippen molar-refractivity contribution in [3.05, 3.63) is 35.1 Å². The fraction of sp³-hybridized carbons (Fsp3) is 0.538. The standard InChI is InChI=1S/C13H15F4NO/c14-11-4-3-8(6-10(11)13(15,16)17)12(18)9-2-1-5-19-7-9/h3-4,6,9,12H,1-2,5,7,18H2. The van der Waals surface area contributed by atoms with Crippen LogP contribution < -0.4 is 5.73 Å². The van der Waals surface area contributed by atoms with Crippen LogP contribution in [0.1, 0.15) is 30.0 Å². The number of rotatable bonds is 2. The highest BCUT2D eigenvalue weighted by atomic mass is 19.4. The first-order valence-corrected chi connectivity index (χ1v) is 6.09. The maximum atomic E-state index is 13.2. The van der Waals surface area contributed by atoms with Crippen molar-refractivity contribution in [2.24, 2.45) is 11.7 Å². The summed E-state index contributed by atoms with van der Waals surface area (Å²) in [6, 6.07) is 2.36. The number of hydrogen-bond donors (Lipinski definition) is 1. The molecule has 19 heavy (non-hydrogen) atoms. The van der Waals surface area contributed by atoms with E-state index < -0.39 is 23.6 Å². The lowest BCUT2D eigenvalue weighted by Gasteiger charge is -2.28. The average molecular weight is 277 g/mol. The van der Waals surface area contributed by atoms with Crippen LogP contribution in [-0.2, 0) is 10.9 Å². The maximum absolute atomic E-state index is 13.2.